The summed E-state index contributed by atoms with van der Waals surface area (Å²) in [4.78, 5) is 0. The maximum absolute atomic E-state index is 9.25. The van der Waals surface area contributed by atoms with Crippen molar-refractivity contribution in [2.24, 2.45) is 5.92 Å². The van der Waals surface area contributed by atoms with Crippen LogP contribution in [0.15, 0.2) is 84.0 Å². The van der Waals surface area contributed by atoms with Gasteiger partial charge in [0.25, 0.3) is 8.32 Å². The number of hydrogen-bond donors (Lipinski definition) is 1. The average Bonchev–Trinajstić information content (AvgIpc) is 2.68. The van der Waals surface area contributed by atoms with E-state index >= 15 is 0 Å². The third-order valence-corrected chi connectivity index (χ3v) is 10.3. The van der Waals surface area contributed by atoms with Gasteiger partial charge in [0, 0.05) is 6.61 Å². The summed E-state index contributed by atoms with van der Waals surface area (Å²) >= 11 is 0. The summed E-state index contributed by atoms with van der Waals surface area (Å²) < 4.78 is 6.98. The zero-order valence-electron chi connectivity index (χ0n) is 18.8. The highest BCUT2D eigenvalue weighted by atomic mass is 28.4. The molecule has 0 fully saturated rings. The van der Waals surface area contributed by atoms with Gasteiger partial charge in [0.05, 0.1) is 6.61 Å². The van der Waals surface area contributed by atoms with Crippen LogP contribution in [0.5, 0.6) is 0 Å². The van der Waals surface area contributed by atoms with Gasteiger partial charge in [-0.15, -0.1) is 0 Å². The molecule has 1 unspecified atom stereocenters. The fraction of sp³-hybridized carbons (Fsp3) is 0.385. The molecule has 1 N–H and O–H groups in total. The zero-order valence-corrected chi connectivity index (χ0v) is 19.8. The first kappa shape index (κ1) is 23.3. The van der Waals surface area contributed by atoms with Gasteiger partial charge in [0.2, 0.25) is 0 Å². The summed E-state index contributed by atoms with van der Waals surface area (Å²) in [5, 5.41) is 11.9. The van der Waals surface area contributed by atoms with Crippen LogP contribution in [0.3, 0.4) is 0 Å². The van der Waals surface area contributed by atoms with Crippen molar-refractivity contribution in [1.82, 2.24) is 0 Å². The largest absolute Gasteiger partial charge is 0.407 e. The molecule has 0 saturated heterocycles. The van der Waals surface area contributed by atoms with Crippen LogP contribution < -0.4 is 10.4 Å². The van der Waals surface area contributed by atoms with Crippen LogP contribution in [0.2, 0.25) is 5.04 Å². The molecule has 0 aliphatic rings. The molecule has 0 aromatic heterocycles. The molecule has 0 saturated carbocycles. The highest BCUT2D eigenvalue weighted by Gasteiger charge is 2.50. The fourth-order valence-corrected chi connectivity index (χ4v) is 8.67. The Kier molecular flexibility index (Phi) is 8.20. The number of benzene rings is 2. The number of hydrogen-bond acceptors (Lipinski definition) is 2. The van der Waals surface area contributed by atoms with E-state index in [1.807, 2.05) is 13.0 Å². The predicted octanol–water partition coefficient (Wildman–Crippen LogP) is 5.08. The van der Waals surface area contributed by atoms with Crippen molar-refractivity contribution < 1.29 is 9.53 Å². The van der Waals surface area contributed by atoms with Gasteiger partial charge >= 0.3 is 0 Å². The lowest BCUT2D eigenvalue weighted by atomic mass is 10.1. The van der Waals surface area contributed by atoms with Gasteiger partial charge in [0.15, 0.2) is 0 Å². The number of aliphatic hydroxyl groups is 1. The minimum Gasteiger partial charge on any atom is -0.407 e. The molecule has 0 heterocycles. The summed E-state index contributed by atoms with van der Waals surface area (Å²) in [5.74, 6) is 0.277. The molecule has 1 atom stereocenters. The van der Waals surface area contributed by atoms with E-state index in [0.717, 1.165) is 11.1 Å². The summed E-state index contributed by atoms with van der Waals surface area (Å²) in [6, 6.07) is 21.5. The summed E-state index contributed by atoms with van der Waals surface area (Å²) in [7, 11) is -2.49. The molecule has 0 amide bonds. The first-order valence-electron chi connectivity index (χ1n) is 10.4. The predicted molar refractivity (Wildman–Crippen MR) is 127 cm³/mol. The molecular weight excluding hydrogens is 372 g/mol. The maximum atomic E-state index is 9.25. The number of aliphatic hydroxyl groups excluding tert-OH is 1. The molecule has 0 spiro atoms. The van der Waals surface area contributed by atoms with Crippen molar-refractivity contribution in [2.75, 3.05) is 13.2 Å². The molecule has 156 valence electrons. The van der Waals surface area contributed by atoms with E-state index < -0.39 is 8.32 Å². The Balaban J connectivity index is 2.43. The average molecular weight is 409 g/mol. The molecule has 29 heavy (non-hydrogen) atoms. The van der Waals surface area contributed by atoms with E-state index in [9.17, 15) is 5.11 Å². The van der Waals surface area contributed by atoms with Gasteiger partial charge in [-0.3, -0.25) is 0 Å². The minimum absolute atomic E-state index is 0.0123. The molecule has 0 bridgehead atoms. The van der Waals surface area contributed by atoms with Gasteiger partial charge in [-0.05, 0) is 40.8 Å². The standard InChI is InChI=1S/C26H36O2Si/c1-21(17-22(2)19-27)18-23(3)20-28-29(26(4,5)6,24-13-9-7-10-14-24)25-15-11-8-12-16-25/h7-18,23,27H,19-20H2,1-6H3/b21-18-,22-17+. The second-order valence-electron chi connectivity index (χ2n) is 9.01. The highest BCUT2D eigenvalue weighted by Crippen LogP contribution is 2.37. The summed E-state index contributed by atoms with van der Waals surface area (Å²) in [6.07, 6.45) is 4.27. The summed E-state index contributed by atoms with van der Waals surface area (Å²) in [6.45, 7) is 13.9. The van der Waals surface area contributed by atoms with E-state index in [0.29, 0.717) is 6.61 Å². The number of allylic oxidation sites excluding steroid dienone is 2. The second-order valence-corrected chi connectivity index (χ2v) is 13.3. The van der Waals surface area contributed by atoms with E-state index in [-0.39, 0.29) is 17.6 Å². The topological polar surface area (TPSA) is 29.5 Å². The third kappa shape index (κ3) is 5.78. The van der Waals surface area contributed by atoms with E-state index in [1.165, 1.54) is 10.4 Å². The van der Waals surface area contributed by atoms with Gasteiger partial charge in [-0.2, -0.15) is 0 Å². The highest BCUT2D eigenvalue weighted by molar-refractivity contribution is 6.99. The quantitative estimate of drug-likeness (QED) is 0.487. The van der Waals surface area contributed by atoms with Crippen molar-refractivity contribution in [3.63, 3.8) is 0 Å². The Morgan fingerprint density at radius 3 is 1.86 bits per heavy atom. The van der Waals surface area contributed by atoms with Crippen LogP contribution in [0, 0.1) is 5.92 Å². The van der Waals surface area contributed by atoms with Crippen LogP contribution in [0.1, 0.15) is 41.5 Å². The molecule has 0 aliphatic carbocycles. The van der Waals surface area contributed by atoms with Crippen LogP contribution >= 0.6 is 0 Å². The molecule has 2 aromatic rings. The van der Waals surface area contributed by atoms with Crippen molar-refractivity contribution in [1.29, 1.82) is 0 Å². The fourth-order valence-electron chi connectivity index (χ4n) is 4.00. The van der Waals surface area contributed by atoms with E-state index in [2.05, 4.69) is 101 Å². The Labute approximate surface area is 178 Å². The first-order chi connectivity index (χ1) is 13.7. The molecular formula is C26H36O2Si. The SMILES string of the molecule is CC(=C/C(C)CO[Si](c1ccccc1)(c1ccccc1)C(C)(C)C)/C=C(\C)CO. The monoisotopic (exact) mass is 408 g/mol. The lowest BCUT2D eigenvalue weighted by Crippen LogP contribution is -2.66. The van der Waals surface area contributed by atoms with Crippen molar-refractivity contribution in [3.8, 4) is 0 Å². The van der Waals surface area contributed by atoms with Gasteiger partial charge in [-0.25, -0.2) is 0 Å². The Hall–Kier alpha value is -1.94. The smallest absolute Gasteiger partial charge is 0.261 e. The van der Waals surface area contributed by atoms with Crippen LogP contribution in [0.25, 0.3) is 0 Å². The van der Waals surface area contributed by atoms with Crippen molar-refractivity contribution in [3.05, 3.63) is 84.0 Å². The van der Waals surface area contributed by atoms with Gasteiger partial charge in [-0.1, -0.05) is 106 Å². The van der Waals surface area contributed by atoms with Crippen LogP contribution in [-0.2, 0) is 4.43 Å². The van der Waals surface area contributed by atoms with E-state index in [1.54, 1.807) is 0 Å². The maximum Gasteiger partial charge on any atom is 0.261 e. The van der Waals surface area contributed by atoms with E-state index in [4.69, 9.17) is 4.43 Å². The lowest BCUT2D eigenvalue weighted by molar-refractivity contribution is 0.267. The molecule has 0 aliphatic heterocycles. The summed E-state index contributed by atoms with van der Waals surface area (Å²) in [5.41, 5.74) is 2.13. The minimum atomic E-state index is -2.49. The zero-order chi connectivity index (χ0) is 21.5. The second kappa shape index (κ2) is 10.2. The Morgan fingerprint density at radius 2 is 1.45 bits per heavy atom. The first-order valence-corrected chi connectivity index (χ1v) is 12.3. The number of rotatable bonds is 8. The van der Waals surface area contributed by atoms with Crippen LogP contribution in [-0.4, -0.2) is 26.6 Å². The molecule has 2 nitrogen and oxygen atoms in total. The van der Waals surface area contributed by atoms with Crippen LogP contribution in [0.4, 0.5) is 0 Å². The van der Waals surface area contributed by atoms with Crippen molar-refractivity contribution >= 4 is 18.7 Å². The molecule has 2 rings (SSSR count). The Bertz CT molecular complexity index is 777. The Morgan fingerprint density at radius 1 is 0.966 bits per heavy atom. The van der Waals surface area contributed by atoms with Gasteiger partial charge < -0.3 is 9.53 Å². The molecule has 3 heteroatoms. The van der Waals surface area contributed by atoms with Gasteiger partial charge in [0.1, 0.15) is 0 Å². The lowest BCUT2D eigenvalue weighted by Gasteiger charge is -2.43. The third-order valence-electron chi connectivity index (χ3n) is 5.25. The normalized spacial score (nSPS) is 14.7. The molecule has 0 radical (unpaired) electrons. The molecule has 2 aromatic carbocycles. The van der Waals surface area contributed by atoms with Crippen molar-refractivity contribution in [2.45, 2.75) is 46.6 Å².